The third-order valence-corrected chi connectivity index (χ3v) is 6.39. The maximum atomic E-state index is 13.4. The van der Waals surface area contributed by atoms with Crippen molar-refractivity contribution in [3.8, 4) is 0 Å². The first kappa shape index (κ1) is 19.6. The van der Waals surface area contributed by atoms with E-state index in [0.717, 1.165) is 10.9 Å². The molecule has 5 rings (SSSR count). The van der Waals surface area contributed by atoms with E-state index in [9.17, 15) is 9.59 Å². The fourth-order valence-corrected chi connectivity index (χ4v) is 4.63. The second kappa shape index (κ2) is 8.06. The molecule has 2 aromatic heterocycles. The molecule has 0 saturated heterocycles. The standard InChI is InChI=1S/C24H16ClN3O2S/c25-17-9-7-15(8-10-17)24(30)28-13-19(18-5-1-2-6-21(18)28)22(29)20-14-31-23(27-20)16-4-3-11-26-12-16/h1-14,23,27H. The average molecular weight is 446 g/mol. The summed E-state index contributed by atoms with van der Waals surface area (Å²) in [5, 5.41) is 6.32. The molecular weight excluding hydrogens is 430 g/mol. The molecule has 1 aliphatic heterocycles. The van der Waals surface area contributed by atoms with Crippen molar-refractivity contribution in [2.45, 2.75) is 5.37 Å². The normalized spacial score (nSPS) is 15.5. The van der Waals surface area contributed by atoms with E-state index in [-0.39, 0.29) is 17.1 Å². The molecule has 1 atom stereocenters. The number of nitrogens with zero attached hydrogens (tertiary/aromatic N) is 2. The van der Waals surface area contributed by atoms with E-state index in [4.69, 9.17) is 11.6 Å². The number of benzene rings is 2. The lowest BCUT2D eigenvalue weighted by Crippen LogP contribution is -2.19. The summed E-state index contributed by atoms with van der Waals surface area (Å²) in [4.78, 5) is 30.6. The van der Waals surface area contributed by atoms with Crippen LogP contribution in [0, 0.1) is 0 Å². The molecule has 0 amide bonds. The zero-order valence-corrected chi connectivity index (χ0v) is 17.7. The first-order chi connectivity index (χ1) is 15.1. The van der Waals surface area contributed by atoms with Gasteiger partial charge in [-0.15, -0.1) is 11.8 Å². The van der Waals surface area contributed by atoms with E-state index in [1.54, 1.807) is 42.9 Å². The number of fused-ring (bicyclic) bond motifs is 1. The molecule has 31 heavy (non-hydrogen) atoms. The van der Waals surface area contributed by atoms with Gasteiger partial charge in [0.1, 0.15) is 5.37 Å². The van der Waals surface area contributed by atoms with E-state index >= 15 is 0 Å². The number of allylic oxidation sites excluding steroid dienone is 1. The van der Waals surface area contributed by atoms with Gasteiger partial charge in [-0.2, -0.15) is 0 Å². The van der Waals surface area contributed by atoms with Gasteiger partial charge in [-0.1, -0.05) is 35.9 Å². The van der Waals surface area contributed by atoms with Crippen molar-refractivity contribution >= 4 is 46.0 Å². The predicted octanol–water partition coefficient (Wildman–Crippen LogP) is 5.44. The lowest BCUT2D eigenvalue weighted by Gasteiger charge is -2.12. The molecule has 5 nitrogen and oxygen atoms in total. The second-order valence-corrected chi connectivity index (χ2v) is 8.47. The minimum Gasteiger partial charge on any atom is -0.366 e. The second-order valence-electron chi connectivity index (χ2n) is 7.05. The fraction of sp³-hybridized carbons (Fsp3) is 0.0417. The minimum absolute atomic E-state index is 0.0725. The maximum absolute atomic E-state index is 13.4. The molecule has 0 saturated carbocycles. The van der Waals surface area contributed by atoms with Crippen molar-refractivity contribution in [1.82, 2.24) is 14.9 Å². The molecule has 7 heteroatoms. The van der Waals surface area contributed by atoms with E-state index in [0.29, 0.717) is 27.4 Å². The number of hydrogen-bond acceptors (Lipinski definition) is 5. The van der Waals surface area contributed by atoms with Gasteiger partial charge >= 0.3 is 0 Å². The van der Waals surface area contributed by atoms with E-state index < -0.39 is 0 Å². The van der Waals surface area contributed by atoms with E-state index in [1.165, 1.54) is 16.3 Å². The summed E-state index contributed by atoms with van der Waals surface area (Å²) in [6.07, 6.45) is 5.12. The van der Waals surface area contributed by atoms with E-state index in [2.05, 4.69) is 10.3 Å². The Morgan fingerprint density at radius 1 is 1.03 bits per heavy atom. The van der Waals surface area contributed by atoms with Crippen LogP contribution in [0.15, 0.2) is 90.4 Å². The molecule has 1 unspecified atom stereocenters. The lowest BCUT2D eigenvalue weighted by atomic mass is 10.1. The summed E-state index contributed by atoms with van der Waals surface area (Å²) < 4.78 is 1.52. The number of carbonyl (C=O) groups excluding carboxylic acids is 2. The van der Waals surface area contributed by atoms with Crippen molar-refractivity contribution in [2.24, 2.45) is 0 Å². The fourth-order valence-electron chi connectivity index (χ4n) is 3.56. The zero-order valence-electron chi connectivity index (χ0n) is 16.2. The highest BCUT2D eigenvalue weighted by molar-refractivity contribution is 8.02. The maximum Gasteiger partial charge on any atom is 0.262 e. The topological polar surface area (TPSA) is 64.0 Å². The number of pyridine rings is 1. The summed E-state index contributed by atoms with van der Waals surface area (Å²) in [6.45, 7) is 0. The SMILES string of the molecule is O=C(C1=CSC(c2cccnc2)N1)c1cn(C(=O)c2ccc(Cl)cc2)c2ccccc12. The van der Waals surface area contributed by atoms with Crippen LogP contribution < -0.4 is 5.32 Å². The Labute approximate surface area is 187 Å². The van der Waals surface area contributed by atoms with Crippen LogP contribution in [0.4, 0.5) is 0 Å². The highest BCUT2D eigenvalue weighted by atomic mass is 35.5. The zero-order chi connectivity index (χ0) is 21.4. The Kier molecular flexibility index (Phi) is 5.10. The van der Waals surface area contributed by atoms with E-state index in [1.807, 2.05) is 41.8 Å². The van der Waals surface area contributed by atoms with Gasteiger partial charge in [-0.05, 0) is 36.4 Å². The number of ketones is 1. The minimum atomic E-state index is -0.220. The molecule has 0 fully saturated rings. The smallest absolute Gasteiger partial charge is 0.262 e. The Balaban J connectivity index is 1.49. The Hall–Kier alpha value is -3.35. The number of hydrogen-bond donors (Lipinski definition) is 1. The summed E-state index contributed by atoms with van der Waals surface area (Å²) >= 11 is 7.47. The number of aromatic nitrogens is 2. The van der Waals surface area contributed by atoms with Crippen molar-refractivity contribution in [3.05, 3.63) is 112 Å². The number of thioether (sulfide) groups is 1. The lowest BCUT2D eigenvalue weighted by molar-refractivity contribution is 0.0965. The Bertz CT molecular complexity index is 1330. The number of halogens is 1. The number of carbonyl (C=O) groups is 2. The van der Waals surface area contributed by atoms with Crippen molar-refractivity contribution < 1.29 is 9.59 Å². The Morgan fingerprint density at radius 2 is 1.84 bits per heavy atom. The number of nitrogens with one attached hydrogen (secondary N) is 1. The number of para-hydroxylation sites is 1. The monoisotopic (exact) mass is 445 g/mol. The highest BCUT2D eigenvalue weighted by Crippen LogP contribution is 2.35. The van der Waals surface area contributed by atoms with Crippen molar-refractivity contribution in [2.75, 3.05) is 0 Å². The Morgan fingerprint density at radius 3 is 2.61 bits per heavy atom. The third kappa shape index (κ3) is 3.65. The quantitative estimate of drug-likeness (QED) is 0.424. The molecule has 2 aromatic carbocycles. The first-order valence-corrected chi connectivity index (χ1v) is 10.9. The van der Waals surface area contributed by atoms with Gasteiger partial charge < -0.3 is 5.32 Å². The average Bonchev–Trinajstić information content (AvgIpc) is 3.45. The van der Waals surface area contributed by atoms with Gasteiger partial charge in [0.25, 0.3) is 5.91 Å². The van der Waals surface area contributed by atoms with Crippen LogP contribution in [0.25, 0.3) is 10.9 Å². The van der Waals surface area contributed by atoms with Gasteiger partial charge in [0.15, 0.2) is 0 Å². The van der Waals surface area contributed by atoms with Crippen LogP contribution in [-0.4, -0.2) is 21.2 Å². The highest BCUT2D eigenvalue weighted by Gasteiger charge is 2.27. The molecule has 0 bridgehead atoms. The molecular formula is C24H16ClN3O2S. The van der Waals surface area contributed by atoms with Crippen LogP contribution >= 0.6 is 23.4 Å². The van der Waals surface area contributed by atoms with Crippen LogP contribution in [0.2, 0.25) is 5.02 Å². The molecule has 1 aliphatic rings. The van der Waals surface area contributed by atoms with Crippen molar-refractivity contribution in [3.63, 3.8) is 0 Å². The molecule has 0 radical (unpaired) electrons. The van der Waals surface area contributed by atoms with Crippen LogP contribution in [0.5, 0.6) is 0 Å². The van der Waals surface area contributed by atoms with Crippen LogP contribution in [0.1, 0.15) is 31.7 Å². The van der Waals surface area contributed by atoms with Gasteiger partial charge in [-0.3, -0.25) is 19.1 Å². The van der Waals surface area contributed by atoms with Crippen molar-refractivity contribution in [1.29, 1.82) is 0 Å². The van der Waals surface area contributed by atoms with Crippen LogP contribution in [-0.2, 0) is 0 Å². The molecule has 0 aliphatic carbocycles. The summed E-state index contributed by atoms with van der Waals surface area (Å²) in [6, 6.07) is 17.9. The molecule has 152 valence electrons. The largest absolute Gasteiger partial charge is 0.366 e. The molecule has 0 spiro atoms. The molecule has 3 heterocycles. The predicted molar refractivity (Wildman–Crippen MR) is 123 cm³/mol. The molecule has 4 aromatic rings. The summed E-state index contributed by atoms with van der Waals surface area (Å²) in [7, 11) is 0. The molecule has 1 N–H and O–H groups in total. The third-order valence-electron chi connectivity index (χ3n) is 5.11. The summed E-state index contributed by atoms with van der Waals surface area (Å²) in [5.41, 5.74) is 3.15. The van der Waals surface area contributed by atoms with Gasteiger partial charge in [0.05, 0.1) is 16.8 Å². The van der Waals surface area contributed by atoms with Gasteiger partial charge in [-0.25, -0.2) is 0 Å². The van der Waals surface area contributed by atoms with Gasteiger partial charge in [0.2, 0.25) is 5.78 Å². The number of rotatable bonds is 4. The number of Topliss-reactive ketones (excluding diaryl/α,β-unsaturated/α-hetero) is 1. The summed E-state index contributed by atoms with van der Waals surface area (Å²) in [5.74, 6) is -0.374. The first-order valence-electron chi connectivity index (χ1n) is 9.59. The van der Waals surface area contributed by atoms with Crippen LogP contribution in [0.3, 0.4) is 0 Å². The van der Waals surface area contributed by atoms with Gasteiger partial charge in [0, 0.05) is 45.5 Å².